The van der Waals surface area contributed by atoms with Crippen LogP contribution >= 0.6 is 0 Å². The Bertz CT molecular complexity index is 1200. The Morgan fingerprint density at radius 2 is 1.59 bits per heavy atom. The predicted molar refractivity (Wildman–Crippen MR) is 154 cm³/mol. The standard InChI is InChI=1S/C23H29F3N2O3.C10H12/c1-21(2,3)31-19(29)16-6-4-15(5-7-16)12-27-13-22(14-27)10-18(11-22)28(17-8-9-17)20(30)23(24,25)26;1-2-3-7-10-8-5-4-6-9-10/h4-7,17-18H,8-14H2,1-3H3;3-9H,2H2,1H3/b;7-3-. The molecule has 1 aliphatic heterocycles. The van der Waals surface area contributed by atoms with Crippen LogP contribution in [-0.2, 0) is 16.1 Å². The molecule has 0 N–H and O–H groups in total. The molecule has 41 heavy (non-hydrogen) atoms. The fourth-order valence-corrected chi connectivity index (χ4v) is 5.70. The highest BCUT2D eigenvalue weighted by Gasteiger charge is 2.58. The number of ether oxygens (including phenoxy) is 1. The monoisotopic (exact) mass is 570 g/mol. The molecule has 0 unspecified atom stereocenters. The van der Waals surface area contributed by atoms with Crippen LogP contribution in [0.2, 0.25) is 0 Å². The van der Waals surface area contributed by atoms with Gasteiger partial charge in [0.25, 0.3) is 0 Å². The predicted octanol–water partition coefficient (Wildman–Crippen LogP) is 7.27. The third-order valence-corrected chi connectivity index (χ3v) is 7.61. The molecule has 2 saturated carbocycles. The van der Waals surface area contributed by atoms with Gasteiger partial charge in [0.2, 0.25) is 0 Å². The number of benzene rings is 2. The van der Waals surface area contributed by atoms with Gasteiger partial charge in [0, 0.05) is 31.7 Å². The zero-order valence-corrected chi connectivity index (χ0v) is 24.4. The van der Waals surface area contributed by atoms with Crippen molar-refractivity contribution < 1.29 is 27.5 Å². The highest BCUT2D eigenvalue weighted by Crippen LogP contribution is 2.52. The molecule has 1 amide bonds. The summed E-state index contributed by atoms with van der Waals surface area (Å²) >= 11 is 0. The summed E-state index contributed by atoms with van der Waals surface area (Å²) in [5.74, 6) is -2.02. The molecule has 0 aromatic heterocycles. The number of amides is 1. The minimum Gasteiger partial charge on any atom is -0.456 e. The Morgan fingerprint density at radius 1 is 0.976 bits per heavy atom. The minimum atomic E-state index is -4.79. The van der Waals surface area contributed by atoms with E-state index in [4.69, 9.17) is 4.74 Å². The van der Waals surface area contributed by atoms with Crippen LogP contribution in [-0.4, -0.2) is 58.6 Å². The van der Waals surface area contributed by atoms with Gasteiger partial charge in [0.15, 0.2) is 0 Å². The Morgan fingerprint density at radius 3 is 2.10 bits per heavy atom. The van der Waals surface area contributed by atoms with Gasteiger partial charge in [-0.25, -0.2) is 4.79 Å². The average Bonchev–Trinajstić information content (AvgIpc) is 3.70. The fraction of sp³-hybridized carbons (Fsp3) is 0.515. The van der Waals surface area contributed by atoms with E-state index in [0.29, 0.717) is 31.2 Å². The van der Waals surface area contributed by atoms with Crippen molar-refractivity contribution in [1.29, 1.82) is 0 Å². The topological polar surface area (TPSA) is 49.9 Å². The molecule has 222 valence electrons. The maximum Gasteiger partial charge on any atom is 0.471 e. The summed E-state index contributed by atoms with van der Waals surface area (Å²) in [5, 5.41) is 0. The van der Waals surface area contributed by atoms with E-state index in [1.54, 1.807) is 12.1 Å². The van der Waals surface area contributed by atoms with E-state index in [0.717, 1.165) is 36.5 Å². The van der Waals surface area contributed by atoms with Gasteiger partial charge in [-0.05, 0) is 81.5 Å². The highest BCUT2D eigenvalue weighted by molar-refractivity contribution is 5.89. The lowest BCUT2D eigenvalue weighted by Gasteiger charge is -2.61. The summed E-state index contributed by atoms with van der Waals surface area (Å²) in [7, 11) is 0. The number of hydrogen-bond donors (Lipinski definition) is 0. The first-order chi connectivity index (χ1) is 19.3. The number of rotatable bonds is 7. The summed E-state index contributed by atoms with van der Waals surface area (Å²) in [6, 6.07) is 17.2. The smallest absolute Gasteiger partial charge is 0.456 e. The number of likely N-dealkylation sites (tertiary alicyclic amines) is 1. The fourth-order valence-electron chi connectivity index (χ4n) is 5.70. The third-order valence-electron chi connectivity index (χ3n) is 7.61. The summed E-state index contributed by atoms with van der Waals surface area (Å²) < 4.78 is 44.2. The summed E-state index contributed by atoms with van der Waals surface area (Å²) in [5.41, 5.74) is 2.37. The molecule has 8 heteroatoms. The van der Waals surface area contributed by atoms with Crippen LogP contribution in [0.25, 0.3) is 6.08 Å². The molecule has 2 aromatic rings. The van der Waals surface area contributed by atoms with E-state index >= 15 is 0 Å². The number of carbonyl (C=O) groups is 2. The Kier molecular flexibility index (Phi) is 9.32. The number of nitrogens with zero attached hydrogens (tertiary/aromatic N) is 2. The zero-order chi connectivity index (χ0) is 29.8. The van der Waals surface area contributed by atoms with Crippen molar-refractivity contribution in [3.63, 3.8) is 0 Å². The van der Waals surface area contributed by atoms with Gasteiger partial charge in [-0.3, -0.25) is 9.69 Å². The van der Waals surface area contributed by atoms with Crippen LogP contribution < -0.4 is 0 Å². The molecule has 2 aromatic carbocycles. The molecular weight excluding hydrogens is 529 g/mol. The second-order valence-electron chi connectivity index (χ2n) is 12.6. The molecule has 5 nitrogen and oxygen atoms in total. The van der Waals surface area contributed by atoms with Crippen LogP contribution in [0.3, 0.4) is 0 Å². The third kappa shape index (κ3) is 8.44. The molecule has 0 bridgehead atoms. The van der Waals surface area contributed by atoms with Gasteiger partial charge in [-0.1, -0.05) is 61.5 Å². The molecule has 0 atom stereocenters. The van der Waals surface area contributed by atoms with E-state index in [9.17, 15) is 22.8 Å². The Balaban J connectivity index is 0.000000328. The molecule has 2 aliphatic carbocycles. The minimum absolute atomic E-state index is 0.0418. The molecular formula is C33H41F3N2O3. The summed E-state index contributed by atoms with van der Waals surface area (Å²) in [6.07, 6.45) is 3.28. The van der Waals surface area contributed by atoms with Crippen LogP contribution in [0.5, 0.6) is 0 Å². The normalized spacial score (nSPS) is 18.7. The average molecular weight is 571 g/mol. The van der Waals surface area contributed by atoms with E-state index in [1.807, 2.05) is 39.0 Å². The van der Waals surface area contributed by atoms with Crippen LogP contribution in [0.4, 0.5) is 13.2 Å². The quantitative estimate of drug-likeness (QED) is 0.329. The van der Waals surface area contributed by atoms with Crippen molar-refractivity contribution in [2.75, 3.05) is 13.1 Å². The number of esters is 1. The van der Waals surface area contributed by atoms with Crippen LogP contribution in [0.15, 0.2) is 60.7 Å². The van der Waals surface area contributed by atoms with E-state index < -0.39 is 17.7 Å². The van der Waals surface area contributed by atoms with Gasteiger partial charge >= 0.3 is 18.1 Å². The zero-order valence-electron chi connectivity index (χ0n) is 24.4. The number of allylic oxidation sites excluding steroid dienone is 1. The lowest BCUT2D eigenvalue weighted by molar-refractivity contribution is -0.197. The van der Waals surface area contributed by atoms with Gasteiger partial charge in [-0.15, -0.1) is 0 Å². The lowest BCUT2D eigenvalue weighted by atomic mass is 9.60. The van der Waals surface area contributed by atoms with E-state index in [2.05, 4.69) is 48.2 Å². The molecule has 5 rings (SSSR count). The van der Waals surface area contributed by atoms with Crippen molar-refractivity contribution >= 4 is 18.0 Å². The van der Waals surface area contributed by atoms with Gasteiger partial charge in [0.05, 0.1) is 5.56 Å². The van der Waals surface area contributed by atoms with Crippen molar-refractivity contribution in [2.45, 2.75) is 90.2 Å². The number of halogens is 3. The first-order valence-corrected chi connectivity index (χ1v) is 14.4. The number of carbonyl (C=O) groups excluding carboxylic acids is 2. The number of hydrogen-bond acceptors (Lipinski definition) is 4. The summed E-state index contributed by atoms with van der Waals surface area (Å²) in [6.45, 7) is 10.0. The van der Waals surface area contributed by atoms with Gasteiger partial charge in [0.1, 0.15) is 5.60 Å². The first kappa shape index (κ1) is 30.8. The first-order valence-electron chi connectivity index (χ1n) is 14.4. The maximum absolute atomic E-state index is 12.9. The summed E-state index contributed by atoms with van der Waals surface area (Å²) in [4.78, 5) is 27.3. The van der Waals surface area contributed by atoms with Crippen molar-refractivity contribution in [3.05, 3.63) is 77.4 Å². The van der Waals surface area contributed by atoms with Gasteiger partial charge in [-0.2, -0.15) is 13.2 Å². The SMILES string of the molecule is CC(C)(C)OC(=O)c1ccc(CN2CC3(CC(N(C(=O)C(F)(F)F)C4CC4)C3)C2)cc1.CC/C=C\c1ccccc1. The molecule has 3 fully saturated rings. The van der Waals surface area contributed by atoms with Crippen LogP contribution in [0.1, 0.15) is 81.3 Å². The van der Waals surface area contributed by atoms with Crippen molar-refractivity contribution in [2.24, 2.45) is 5.41 Å². The molecule has 1 saturated heterocycles. The second-order valence-corrected chi connectivity index (χ2v) is 12.6. The molecule has 1 spiro atoms. The van der Waals surface area contributed by atoms with Gasteiger partial charge < -0.3 is 9.64 Å². The highest BCUT2D eigenvalue weighted by atomic mass is 19.4. The van der Waals surface area contributed by atoms with Crippen molar-refractivity contribution in [3.8, 4) is 0 Å². The molecule has 3 aliphatic rings. The maximum atomic E-state index is 12.9. The van der Waals surface area contributed by atoms with Crippen LogP contribution in [0, 0.1) is 5.41 Å². The Labute approximate surface area is 241 Å². The van der Waals surface area contributed by atoms with E-state index in [-0.39, 0.29) is 23.5 Å². The lowest BCUT2D eigenvalue weighted by Crippen LogP contribution is -2.67. The largest absolute Gasteiger partial charge is 0.471 e. The Hall–Kier alpha value is -3.13. The van der Waals surface area contributed by atoms with E-state index in [1.165, 1.54) is 5.56 Å². The molecule has 0 radical (unpaired) electrons. The number of alkyl halides is 3. The molecule has 1 heterocycles. The second kappa shape index (κ2) is 12.4. The van der Waals surface area contributed by atoms with Crippen molar-refractivity contribution in [1.82, 2.24) is 9.80 Å².